The first kappa shape index (κ1) is 68.5. The molecule has 0 saturated heterocycles. The highest BCUT2D eigenvalue weighted by Gasteiger charge is 2.14. The Morgan fingerprint density at radius 2 is 0.878 bits per heavy atom. The van der Waals surface area contributed by atoms with Crippen LogP contribution in [0.5, 0.6) is 5.88 Å². The van der Waals surface area contributed by atoms with Gasteiger partial charge in [0.2, 0.25) is 41.6 Å². The van der Waals surface area contributed by atoms with E-state index in [-0.39, 0.29) is 23.5 Å². The van der Waals surface area contributed by atoms with Gasteiger partial charge in [-0.25, -0.2) is 24.9 Å². The lowest BCUT2D eigenvalue weighted by molar-refractivity contribution is 0.383. The summed E-state index contributed by atoms with van der Waals surface area (Å²) in [5, 5.41) is 8.40. The summed E-state index contributed by atoms with van der Waals surface area (Å²) in [5.74, 6) is -2.19. The summed E-state index contributed by atoms with van der Waals surface area (Å²) < 4.78 is 80.2. The van der Waals surface area contributed by atoms with Gasteiger partial charge < -0.3 is 4.74 Å². The molecule has 8 aromatic rings. The van der Waals surface area contributed by atoms with Gasteiger partial charge in [-0.15, -0.1) is 0 Å². The predicted octanol–water partition coefficient (Wildman–Crippen LogP) is 17.1. The first-order valence-corrected chi connectivity index (χ1v) is 27.2. The second kappa shape index (κ2) is 32.6. The molecule has 14 heteroatoms. The largest absolute Gasteiger partial charge is 0.481 e. The van der Waals surface area contributed by atoms with E-state index in [0.717, 1.165) is 61.5 Å². The number of benzene rings is 2. The van der Waals surface area contributed by atoms with Crippen molar-refractivity contribution >= 4 is 0 Å². The van der Waals surface area contributed by atoms with E-state index in [4.69, 9.17) is 10.00 Å². The minimum absolute atomic E-state index is 0.130. The van der Waals surface area contributed by atoms with Crippen LogP contribution in [-0.4, -0.2) is 37.0 Å². The SMILES string of the molecule is COc1nc(F)cc(C)c1C.Cc1cc(C#N)nc(F)c1C.Cc1cc(C)c(C)c(F)n1.Cc1cc(F)nc(C)c1C.Cc1cc2c(cc1C)CCC2.Cc1ccc2c(c1C)CCC2.Cc1ccnc(F)c1C.Cc1cnc(F)cc1C. The van der Waals surface area contributed by atoms with E-state index in [0.29, 0.717) is 22.6 Å². The summed E-state index contributed by atoms with van der Waals surface area (Å²) >= 11 is 0. The topological polar surface area (TPSA) is 110 Å². The van der Waals surface area contributed by atoms with E-state index in [1.165, 1.54) is 98.5 Å². The Kier molecular flexibility index (Phi) is 27.2. The number of fused-ring (bicyclic) bond motifs is 2. The van der Waals surface area contributed by atoms with Crippen molar-refractivity contribution < 1.29 is 31.1 Å². The molecule has 2 aliphatic rings. The molecule has 0 radical (unpaired) electrons. The number of nitriles is 1. The van der Waals surface area contributed by atoms with Gasteiger partial charge in [0, 0.05) is 46.0 Å². The molecule has 436 valence electrons. The number of nitrogens with zero attached hydrogens (tertiary/aromatic N) is 7. The van der Waals surface area contributed by atoms with Crippen LogP contribution in [0.2, 0.25) is 0 Å². The molecular formula is C68H81F6N7O. The van der Waals surface area contributed by atoms with Crippen LogP contribution in [0.1, 0.15) is 141 Å². The average molecular weight is 1130 g/mol. The Morgan fingerprint density at radius 1 is 0.402 bits per heavy atom. The number of halogens is 6. The fraction of sp³-hybridized carbons (Fsp3) is 0.368. The van der Waals surface area contributed by atoms with Crippen LogP contribution in [0.15, 0.2) is 73.1 Å². The quantitative estimate of drug-likeness (QED) is 0.118. The zero-order chi connectivity index (χ0) is 61.7. The maximum Gasteiger partial charge on any atom is 0.218 e. The van der Waals surface area contributed by atoms with Crippen molar-refractivity contribution in [3.63, 3.8) is 0 Å². The minimum atomic E-state index is -0.554. The molecule has 0 saturated carbocycles. The van der Waals surface area contributed by atoms with Gasteiger partial charge in [-0.1, -0.05) is 24.3 Å². The number of hydrogen-bond donors (Lipinski definition) is 0. The van der Waals surface area contributed by atoms with Crippen molar-refractivity contribution in [3.8, 4) is 11.9 Å². The molecule has 6 aromatic heterocycles. The Morgan fingerprint density at radius 3 is 1.38 bits per heavy atom. The number of methoxy groups -OCH3 is 1. The van der Waals surface area contributed by atoms with Crippen LogP contribution in [0.3, 0.4) is 0 Å². The van der Waals surface area contributed by atoms with E-state index in [2.05, 4.69) is 81.9 Å². The number of aryl methyl sites for hydroxylation is 15. The third kappa shape index (κ3) is 20.9. The summed E-state index contributed by atoms with van der Waals surface area (Å²) in [7, 11) is 1.48. The summed E-state index contributed by atoms with van der Waals surface area (Å²) in [4.78, 5) is 21.3. The zero-order valence-electron chi connectivity index (χ0n) is 51.5. The molecule has 82 heavy (non-hydrogen) atoms. The van der Waals surface area contributed by atoms with E-state index >= 15 is 0 Å². The van der Waals surface area contributed by atoms with E-state index in [9.17, 15) is 26.3 Å². The van der Waals surface area contributed by atoms with Gasteiger partial charge >= 0.3 is 0 Å². The fourth-order valence-electron chi connectivity index (χ4n) is 8.35. The molecule has 10 rings (SSSR count). The zero-order valence-corrected chi connectivity index (χ0v) is 51.5. The third-order valence-corrected chi connectivity index (χ3v) is 14.9. The Bertz CT molecular complexity index is 3330. The monoisotopic (exact) mass is 1130 g/mol. The maximum absolute atomic E-state index is 12.8. The van der Waals surface area contributed by atoms with Gasteiger partial charge in [-0.3, -0.25) is 0 Å². The molecular weight excluding hydrogens is 1040 g/mol. The third-order valence-electron chi connectivity index (χ3n) is 14.9. The highest BCUT2D eigenvalue weighted by Crippen LogP contribution is 2.27. The molecule has 0 spiro atoms. The second-order valence-electron chi connectivity index (χ2n) is 20.9. The van der Waals surface area contributed by atoms with Crippen LogP contribution in [0.4, 0.5) is 26.3 Å². The van der Waals surface area contributed by atoms with Gasteiger partial charge in [0.1, 0.15) is 11.8 Å². The molecule has 2 aromatic carbocycles. The maximum atomic E-state index is 12.8. The highest BCUT2D eigenvalue weighted by atomic mass is 19.2. The summed E-state index contributed by atoms with van der Waals surface area (Å²) in [6.45, 7) is 34.3. The molecule has 0 atom stereocenters. The molecule has 0 N–H and O–H groups in total. The van der Waals surface area contributed by atoms with Gasteiger partial charge in [0.25, 0.3) is 0 Å². The summed E-state index contributed by atoms with van der Waals surface area (Å²) in [5.41, 5.74) is 24.1. The van der Waals surface area contributed by atoms with Crippen molar-refractivity contribution in [2.24, 2.45) is 0 Å². The fourth-order valence-corrected chi connectivity index (χ4v) is 8.35. The standard InChI is InChI=1S/2C11H14.C8H7FN2.C8H10FNO.2C8H10FN.2C7H8FN/c1-8-6-10-4-3-5-11(10)7-9(8)2;1-8-6-7-10-4-3-5-11(10)9(8)2;1-5-3-7(4-10)11-8(9)6(5)2;1-5-4-7(9)10-8(11-3)6(5)2;1-5-4-8(9)10-7(3)6(5)2;1-5-4-6(2)10-8(9)7(5)3;1-5-3-7(8)9-4-6(5)2;1-5-3-4-9-7(8)6(5)2/h2*6-7H,3-5H2,1-2H3;3H,1-2H3;4H,1-3H3;2*4H,1-3H3;2*3-4H,1-2H3. The van der Waals surface area contributed by atoms with Gasteiger partial charge in [-0.05, 0) is 289 Å². The van der Waals surface area contributed by atoms with Gasteiger partial charge in [0.05, 0.1) is 7.11 Å². The lowest BCUT2D eigenvalue weighted by Gasteiger charge is -2.06. The van der Waals surface area contributed by atoms with Crippen LogP contribution < -0.4 is 4.74 Å². The molecule has 0 unspecified atom stereocenters. The van der Waals surface area contributed by atoms with Crippen molar-refractivity contribution in [2.45, 2.75) is 163 Å². The van der Waals surface area contributed by atoms with Crippen molar-refractivity contribution in [1.29, 1.82) is 5.26 Å². The van der Waals surface area contributed by atoms with E-state index in [1.807, 2.05) is 68.4 Å². The normalized spacial score (nSPS) is 11.2. The number of ether oxygens (including phenoxy) is 1. The van der Waals surface area contributed by atoms with E-state index < -0.39 is 17.8 Å². The molecule has 2 aliphatic carbocycles. The van der Waals surface area contributed by atoms with Gasteiger partial charge in [0.15, 0.2) is 0 Å². The second-order valence-corrected chi connectivity index (χ2v) is 20.9. The van der Waals surface area contributed by atoms with Crippen LogP contribution >= 0.6 is 0 Å². The first-order chi connectivity index (χ1) is 38.5. The number of aromatic nitrogens is 6. The Hall–Kier alpha value is -7.79. The highest BCUT2D eigenvalue weighted by molar-refractivity contribution is 5.42. The minimum Gasteiger partial charge on any atom is -0.481 e. The summed E-state index contributed by atoms with van der Waals surface area (Å²) in [6.07, 6.45) is 10.9. The van der Waals surface area contributed by atoms with Crippen LogP contribution in [0.25, 0.3) is 0 Å². The van der Waals surface area contributed by atoms with E-state index in [1.54, 1.807) is 75.1 Å². The molecule has 8 nitrogen and oxygen atoms in total. The first-order valence-electron chi connectivity index (χ1n) is 27.2. The average Bonchev–Trinajstić information content (AvgIpc) is 4.15. The lowest BCUT2D eigenvalue weighted by Crippen LogP contribution is -1.96. The van der Waals surface area contributed by atoms with Crippen molar-refractivity contribution in [2.75, 3.05) is 7.11 Å². The van der Waals surface area contributed by atoms with Crippen molar-refractivity contribution in [1.82, 2.24) is 29.9 Å². The van der Waals surface area contributed by atoms with Crippen LogP contribution in [-0.2, 0) is 25.7 Å². The predicted molar refractivity (Wildman–Crippen MR) is 319 cm³/mol. The van der Waals surface area contributed by atoms with Crippen LogP contribution in [0, 0.1) is 172 Å². The number of rotatable bonds is 1. The van der Waals surface area contributed by atoms with Gasteiger partial charge in [-0.2, -0.15) is 36.6 Å². The lowest BCUT2D eigenvalue weighted by atomic mass is 10.00. The molecule has 6 heterocycles. The molecule has 0 fully saturated rings. The Labute approximate surface area is 483 Å². The smallest absolute Gasteiger partial charge is 0.218 e. The summed E-state index contributed by atoms with van der Waals surface area (Å²) in [6, 6.07) is 20.5. The molecule has 0 amide bonds. The number of hydrogen-bond acceptors (Lipinski definition) is 8. The number of pyridine rings is 6. The Balaban J connectivity index is 0.000000246. The van der Waals surface area contributed by atoms with Crippen molar-refractivity contribution in [3.05, 3.63) is 237 Å². The molecule has 0 bridgehead atoms. The molecule has 0 aliphatic heterocycles.